The first-order chi connectivity index (χ1) is 58.7. The molecule has 648 valence electrons. The third-order valence-electron chi connectivity index (χ3n) is 29.5. The number of nitrogens with two attached hydrogens (primary N) is 1. The van der Waals surface area contributed by atoms with Crippen LogP contribution in [-0.2, 0) is 74.8 Å². The predicted molar refractivity (Wildman–Crippen MR) is 454 cm³/mol. The van der Waals surface area contributed by atoms with E-state index < -0.39 is 131 Å². The van der Waals surface area contributed by atoms with Gasteiger partial charge in [0.25, 0.3) is 0 Å². The van der Waals surface area contributed by atoms with Gasteiger partial charge in [0.15, 0.2) is 52.7 Å². The number of unbranched alkanes of at least 4 members (excludes halogenated alkanes) is 2. The highest BCUT2D eigenvalue weighted by Gasteiger charge is 2.78. The van der Waals surface area contributed by atoms with E-state index in [2.05, 4.69) is 22.8 Å². The lowest BCUT2D eigenvalue weighted by atomic mass is 9.46. The molecular formula is C100H111F2N3O18. The number of carbonyl (C=O) groups excluding carboxylic acids is 8. The molecule has 2 aliphatic heterocycles. The number of nitrogens with one attached hydrogen (secondary N) is 2. The second kappa shape index (κ2) is 33.9. The van der Waals surface area contributed by atoms with Crippen LogP contribution in [0, 0.1) is 63.1 Å². The van der Waals surface area contributed by atoms with E-state index in [0.717, 1.165) is 50.1 Å². The lowest BCUT2D eigenvalue weighted by Gasteiger charge is -2.60. The molecule has 123 heavy (non-hydrogen) atoms. The van der Waals surface area contributed by atoms with Gasteiger partial charge in [-0.05, 0) is 213 Å². The number of ketones is 5. The Bertz CT molecular complexity index is 5210. The van der Waals surface area contributed by atoms with E-state index in [0.29, 0.717) is 79.5 Å². The van der Waals surface area contributed by atoms with Gasteiger partial charge >= 0.3 is 12.1 Å². The molecule has 2 heterocycles. The molecule has 23 heteroatoms. The van der Waals surface area contributed by atoms with Crippen molar-refractivity contribution in [1.29, 1.82) is 0 Å². The van der Waals surface area contributed by atoms with Crippen LogP contribution < -0.4 is 16.4 Å². The van der Waals surface area contributed by atoms with Crippen molar-refractivity contribution in [2.45, 2.75) is 210 Å². The summed E-state index contributed by atoms with van der Waals surface area (Å²) in [6, 6.07) is 46.7. The standard InChI is InChI=1S/C65H73FN2O12.C35H38FNO6/c1-62(2,3)79-57(74)21-8-6-7-15-41(30-44(71)35-67-61(76)77-37-50-47-19-11-9-17-45(47)46-18-10-12-20-48(46)50)59(75)68-42-16-13-14-39(29-42)28-38-22-24-40(25-23-38)60-78-56-33-51-49-32-53(66)52-31-43(70)26-27-63(52,4)58(49)54(72)34-64(51,5)65(56,80-60)55(73)36-69;1-33-11-10-23(39)14-26(33)27(36)15-24-25-16-30-35(29(41)18-38,34(25,2)17-28(40)31(24)33)43-32(42-30)21-8-6-19(7-9-21)12-20-4-3-5-22(37)13-20/h9-14,16-20,22-27,29,31,41,49-51,53-54,56,58,60,69,72H,6-8,15,21,28,30,32-37H2,1-5H3,(H,67,76)(H,68,75);3-11,13-14,24-25,27-28,30-32,38,40H,12,15-18,37H2,1-2H3/t41-,49+,51+,53+,54+,56-,58-,60-,63+,64+,65-;24-,25-,27-,28-,30+,31+,32+,33-,34-,35+/m10/s1. The first-order valence-corrected chi connectivity index (χ1v) is 43.4. The molecule has 6 saturated carbocycles. The largest absolute Gasteiger partial charge is 0.460 e. The van der Waals surface area contributed by atoms with Crippen LogP contribution in [0.4, 0.5) is 25.0 Å². The van der Waals surface area contributed by atoms with Gasteiger partial charge in [0.1, 0.15) is 37.8 Å². The number of Topliss-reactive ketones (excluding diaryl/α,β-unsaturated/α-hetero) is 3. The highest BCUT2D eigenvalue weighted by Crippen LogP contribution is 2.73. The Morgan fingerprint density at radius 2 is 1.08 bits per heavy atom. The number of benzene rings is 6. The number of anilines is 2. The monoisotopic (exact) mass is 1680 g/mol. The predicted octanol–water partition coefficient (Wildman–Crippen LogP) is 14.6. The fraction of sp³-hybridized carbons (Fsp3) is 0.480. The Balaban J connectivity index is 0.000000218. The topological polar surface area (TPSA) is 323 Å². The van der Waals surface area contributed by atoms with Crippen LogP contribution in [0.25, 0.3) is 11.1 Å². The average molecular weight is 1680 g/mol. The van der Waals surface area contributed by atoms with E-state index >= 15 is 8.78 Å². The molecule has 21 nitrogen and oxygen atoms in total. The van der Waals surface area contributed by atoms with E-state index in [-0.39, 0.29) is 116 Å². The molecule has 6 aromatic carbocycles. The number of esters is 1. The lowest BCUT2D eigenvalue weighted by Crippen LogP contribution is -2.64. The minimum absolute atomic E-state index is 0.0925. The molecule has 2 saturated heterocycles. The summed E-state index contributed by atoms with van der Waals surface area (Å²) in [4.78, 5) is 105. The highest BCUT2D eigenvalue weighted by molar-refractivity contribution is 6.02. The minimum Gasteiger partial charge on any atom is -0.460 e. The number of amides is 2. The zero-order valence-corrected chi connectivity index (χ0v) is 70.6. The second-order valence-corrected chi connectivity index (χ2v) is 37.9. The van der Waals surface area contributed by atoms with Crippen molar-refractivity contribution in [3.63, 3.8) is 0 Å². The summed E-state index contributed by atoms with van der Waals surface area (Å²) in [6.45, 7) is 11.3. The SMILES string of the molecule is CC(C)(C)OC(=O)CCCCC[C@H](CC(=O)CNC(=O)OCC1c2ccccc2-c2ccccc21)C(=O)Nc1cccc(Cc2ccc([C@@H]3O[C@@H]4C[C@H]5[C@@H]6C[C@H](F)C7=CC(=O)C=C[C@]7(C)[C@H]6[C@@H](O)C[C@]5(C)[C@]4(C(=O)CO)O3)cc2)c1.C[C@]12C=CC(=O)C=C1[C@@H](F)C[C@@H]1[C@@H]2[C@@H](O)C[C@@]2(C)[C@H]1C[C@H]1O[C@@H](c3ccc(Cc4cccc(N)c4)cc3)O[C@]12C(=O)CO. The van der Waals surface area contributed by atoms with Crippen LogP contribution in [0.2, 0.25) is 0 Å². The number of halogens is 2. The van der Waals surface area contributed by atoms with Gasteiger partial charge in [0, 0.05) is 80.7 Å². The fourth-order valence-corrected chi connectivity index (χ4v) is 24.2. The molecule has 6 aromatic rings. The molecule has 9 aliphatic carbocycles. The van der Waals surface area contributed by atoms with E-state index in [1.165, 1.54) is 24.3 Å². The van der Waals surface area contributed by atoms with Gasteiger partial charge in [-0.15, -0.1) is 0 Å². The molecule has 21 atom stereocenters. The number of alkyl carbamates (subject to hydrolysis) is 1. The van der Waals surface area contributed by atoms with Gasteiger partial charge in [-0.1, -0.05) is 174 Å². The van der Waals surface area contributed by atoms with Crippen molar-refractivity contribution in [3.05, 3.63) is 238 Å². The van der Waals surface area contributed by atoms with Crippen molar-refractivity contribution in [3.8, 4) is 11.1 Å². The first kappa shape index (κ1) is 86.7. The molecule has 8 fully saturated rings. The molecule has 11 aliphatic rings. The van der Waals surface area contributed by atoms with Crippen molar-refractivity contribution in [1.82, 2.24) is 5.32 Å². The molecule has 0 spiro atoms. The van der Waals surface area contributed by atoms with Gasteiger partial charge < -0.3 is 65.2 Å². The number of carbonyl (C=O) groups is 8. The minimum atomic E-state index is -1.59. The molecule has 0 bridgehead atoms. The molecule has 17 rings (SSSR count). The number of alkyl halides is 2. The van der Waals surface area contributed by atoms with Gasteiger partial charge in [0.2, 0.25) is 5.91 Å². The Morgan fingerprint density at radius 3 is 1.57 bits per heavy atom. The number of ether oxygens (including phenoxy) is 6. The van der Waals surface area contributed by atoms with Crippen molar-refractivity contribution >= 4 is 58.3 Å². The van der Waals surface area contributed by atoms with Gasteiger partial charge in [-0.25, -0.2) is 13.6 Å². The van der Waals surface area contributed by atoms with E-state index in [1.807, 2.05) is 176 Å². The summed E-state index contributed by atoms with van der Waals surface area (Å²) < 4.78 is 69.5. The lowest BCUT2D eigenvalue weighted by molar-refractivity contribution is -0.203. The van der Waals surface area contributed by atoms with Gasteiger partial charge in [-0.3, -0.25) is 33.6 Å². The molecule has 8 N–H and O–H groups in total. The van der Waals surface area contributed by atoms with E-state index in [1.54, 1.807) is 18.2 Å². The first-order valence-electron chi connectivity index (χ1n) is 43.4. The molecule has 2 amide bonds. The zero-order valence-electron chi connectivity index (χ0n) is 70.6. The van der Waals surface area contributed by atoms with Crippen LogP contribution in [0.3, 0.4) is 0 Å². The molecule has 0 radical (unpaired) electrons. The van der Waals surface area contributed by atoms with Crippen LogP contribution in [0.5, 0.6) is 0 Å². The van der Waals surface area contributed by atoms with Crippen LogP contribution in [0.15, 0.2) is 193 Å². The average Bonchev–Trinajstić information content (AvgIpc) is 1.57. The van der Waals surface area contributed by atoms with Crippen molar-refractivity contribution in [2.75, 3.05) is 37.4 Å². The third-order valence-corrected chi connectivity index (χ3v) is 29.5. The van der Waals surface area contributed by atoms with Gasteiger partial charge in [0.05, 0.1) is 31.0 Å². The molecule has 0 aromatic heterocycles. The fourth-order valence-electron chi connectivity index (χ4n) is 24.2. The van der Waals surface area contributed by atoms with Crippen molar-refractivity contribution < 1.29 is 96.0 Å². The number of allylic oxidation sites excluding steroid dienone is 8. The number of aliphatic hydroxyl groups is 4. The Labute approximate surface area is 715 Å². The van der Waals surface area contributed by atoms with Crippen LogP contribution >= 0.6 is 0 Å². The maximum absolute atomic E-state index is 16.1. The Morgan fingerprint density at radius 1 is 0.593 bits per heavy atom. The highest BCUT2D eigenvalue weighted by atomic mass is 19.1. The third kappa shape index (κ3) is 15.8. The Hall–Kier alpha value is -9.82. The molecular weight excluding hydrogens is 1570 g/mol. The van der Waals surface area contributed by atoms with Crippen molar-refractivity contribution in [2.24, 2.45) is 63.1 Å². The summed E-state index contributed by atoms with van der Waals surface area (Å²) in [5.74, 6) is -5.16. The number of hydrogen-bond acceptors (Lipinski definition) is 19. The Kier molecular flexibility index (Phi) is 23.9. The maximum Gasteiger partial charge on any atom is 0.407 e. The summed E-state index contributed by atoms with van der Waals surface area (Å²) in [5, 5.41) is 50.0. The summed E-state index contributed by atoms with van der Waals surface area (Å²) in [5.41, 5.74) is 10.5. The number of rotatable bonds is 24. The summed E-state index contributed by atoms with van der Waals surface area (Å²) in [6.07, 6.45) is 5.60. The van der Waals surface area contributed by atoms with E-state index in [9.17, 15) is 58.8 Å². The number of aliphatic hydroxyl groups excluding tert-OH is 4. The van der Waals surface area contributed by atoms with E-state index in [4.69, 9.17) is 34.2 Å². The quantitative estimate of drug-likeness (QED) is 0.0168. The summed E-state index contributed by atoms with van der Waals surface area (Å²) >= 11 is 0. The second-order valence-electron chi connectivity index (χ2n) is 37.9. The summed E-state index contributed by atoms with van der Waals surface area (Å²) in [7, 11) is 0. The van der Waals surface area contributed by atoms with Gasteiger partial charge in [-0.2, -0.15) is 0 Å². The zero-order chi connectivity index (χ0) is 87.0. The number of nitrogen functional groups attached to an aromatic ring is 1. The van der Waals surface area contributed by atoms with Crippen LogP contribution in [-0.4, -0.2) is 147 Å². The van der Waals surface area contributed by atoms with Crippen LogP contribution in [0.1, 0.15) is 189 Å². The normalized spacial score (nSPS) is 32.9. The smallest absolute Gasteiger partial charge is 0.407 e. The maximum atomic E-state index is 16.1. The number of hydrogen-bond donors (Lipinski definition) is 7. The number of fused-ring (bicyclic) bond motifs is 17. The molecule has 0 unspecified atom stereocenters.